The maximum atomic E-state index is 13.3. The van der Waals surface area contributed by atoms with Crippen LogP contribution < -0.4 is 10.5 Å². The van der Waals surface area contributed by atoms with Gasteiger partial charge in [0.15, 0.2) is 0 Å². The molecule has 0 saturated carbocycles. The van der Waals surface area contributed by atoms with Crippen LogP contribution in [0.1, 0.15) is 12.0 Å². The first-order valence-electron chi connectivity index (χ1n) is 6.62. The Morgan fingerprint density at radius 1 is 1.17 bits per heavy atom. The minimum Gasteiger partial charge on any atom is -0.326 e. The summed E-state index contributed by atoms with van der Waals surface area (Å²) in [7, 11) is -3.76. The zero-order chi connectivity index (χ0) is 17.0. The first kappa shape index (κ1) is 17.4. The zero-order valence-electron chi connectivity index (χ0n) is 11.9. The summed E-state index contributed by atoms with van der Waals surface area (Å²) in [4.78, 5) is 11.8. The van der Waals surface area contributed by atoms with Gasteiger partial charge in [-0.15, -0.1) is 0 Å². The lowest BCUT2D eigenvalue weighted by Crippen LogP contribution is -2.14. The van der Waals surface area contributed by atoms with Gasteiger partial charge >= 0.3 is 0 Å². The third kappa shape index (κ3) is 5.02. The molecule has 0 unspecified atom stereocenters. The highest BCUT2D eigenvalue weighted by Gasteiger charge is 2.09. The van der Waals surface area contributed by atoms with Gasteiger partial charge in [-0.25, -0.2) is 17.9 Å². The van der Waals surface area contributed by atoms with Crippen molar-refractivity contribution in [1.82, 2.24) is 0 Å². The van der Waals surface area contributed by atoms with Crippen molar-refractivity contribution in [3.63, 3.8) is 0 Å². The molecule has 3 N–H and O–H groups in total. The third-order valence-corrected chi connectivity index (χ3v) is 4.33. The molecule has 0 bridgehead atoms. The molecule has 0 fully saturated rings. The van der Waals surface area contributed by atoms with E-state index in [0.717, 1.165) is 0 Å². The number of benzene rings is 2. The summed E-state index contributed by atoms with van der Waals surface area (Å²) in [6, 6.07) is 9.88. The molecule has 0 aromatic heterocycles. The molecule has 0 saturated heterocycles. The van der Waals surface area contributed by atoms with Crippen LogP contribution in [0, 0.1) is 5.82 Å². The lowest BCUT2D eigenvalue weighted by atomic mass is 10.1. The lowest BCUT2D eigenvalue weighted by Gasteiger charge is -2.06. The highest BCUT2D eigenvalue weighted by atomic mass is 35.5. The number of nitrogens with one attached hydrogen (secondary N) is 1. The van der Waals surface area contributed by atoms with Crippen molar-refractivity contribution in [2.75, 3.05) is 5.32 Å². The highest BCUT2D eigenvalue weighted by molar-refractivity contribution is 7.89. The van der Waals surface area contributed by atoms with Crippen LogP contribution in [0.3, 0.4) is 0 Å². The molecule has 0 radical (unpaired) electrons. The van der Waals surface area contributed by atoms with E-state index in [1.165, 1.54) is 36.4 Å². The number of halogens is 2. The van der Waals surface area contributed by atoms with Gasteiger partial charge in [-0.05, 0) is 48.4 Å². The van der Waals surface area contributed by atoms with Crippen molar-refractivity contribution in [3.05, 3.63) is 58.9 Å². The van der Waals surface area contributed by atoms with Gasteiger partial charge < -0.3 is 5.32 Å². The molecule has 2 rings (SSSR count). The molecule has 122 valence electrons. The Morgan fingerprint density at radius 3 is 2.39 bits per heavy atom. The molecule has 0 aliphatic rings. The number of hydrogen-bond donors (Lipinski definition) is 2. The zero-order valence-corrected chi connectivity index (χ0v) is 13.5. The predicted octanol–water partition coefficient (Wildman–Crippen LogP) is 2.70. The minimum atomic E-state index is -3.76. The SMILES string of the molecule is NS(=O)(=O)c1ccc(NC(=O)CCc2ccc(Cl)c(F)c2)cc1. The first-order chi connectivity index (χ1) is 10.8. The summed E-state index contributed by atoms with van der Waals surface area (Å²) in [6.07, 6.45) is 0.507. The van der Waals surface area contributed by atoms with E-state index in [1.807, 2.05) is 0 Å². The van der Waals surface area contributed by atoms with E-state index in [4.69, 9.17) is 16.7 Å². The monoisotopic (exact) mass is 356 g/mol. The van der Waals surface area contributed by atoms with E-state index in [9.17, 15) is 17.6 Å². The molecule has 0 atom stereocenters. The van der Waals surface area contributed by atoms with Gasteiger partial charge in [0.25, 0.3) is 0 Å². The average Bonchev–Trinajstić information content (AvgIpc) is 2.48. The summed E-state index contributed by atoms with van der Waals surface area (Å²) in [5, 5.41) is 7.65. The fourth-order valence-corrected chi connectivity index (χ4v) is 2.54. The summed E-state index contributed by atoms with van der Waals surface area (Å²) in [5.74, 6) is -0.799. The second-order valence-electron chi connectivity index (χ2n) is 4.87. The number of amides is 1. The standard InChI is InChI=1S/C15H14ClFN2O3S/c16-13-7-1-10(9-14(13)17)2-8-15(20)19-11-3-5-12(6-4-11)23(18,21)22/h1,3-7,9H,2,8H2,(H,19,20)(H2,18,21,22). The number of anilines is 1. The number of hydrogen-bond acceptors (Lipinski definition) is 3. The number of rotatable bonds is 5. The van der Waals surface area contributed by atoms with Crippen molar-refractivity contribution in [1.29, 1.82) is 0 Å². The quantitative estimate of drug-likeness (QED) is 0.863. The number of aryl methyl sites for hydroxylation is 1. The van der Waals surface area contributed by atoms with Gasteiger partial charge in [0.1, 0.15) is 5.82 Å². The van der Waals surface area contributed by atoms with Gasteiger partial charge in [-0.3, -0.25) is 4.79 Å². The molecule has 2 aromatic rings. The van der Waals surface area contributed by atoms with Crippen LogP contribution >= 0.6 is 11.6 Å². The van der Waals surface area contributed by atoms with Crippen molar-refractivity contribution in [2.45, 2.75) is 17.7 Å². The average molecular weight is 357 g/mol. The van der Waals surface area contributed by atoms with Gasteiger partial charge in [0.2, 0.25) is 15.9 Å². The Balaban J connectivity index is 1.93. The maximum absolute atomic E-state index is 13.3. The molecule has 23 heavy (non-hydrogen) atoms. The number of nitrogens with two attached hydrogens (primary N) is 1. The van der Waals surface area contributed by atoms with Crippen LogP contribution in [0.25, 0.3) is 0 Å². The van der Waals surface area contributed by atoms with E-state index >= 15 is 0 Å². The molecular weight excluding hydrogens is 343 g/mol. The second kappa shape index (κ2) is 7.08. The topological polar surface area (TPSA) is 89.3 Å². The predicted molar refractivity (Wildman–Crippen MR) is 86.2 cm³/mol. The van der Waals surface area contributed by atoms with E-state index in [0.29, 0.717) is 17.7 Å². The van der Waals surface area contributed by atoms with Crippen molar-refractivity contribution in [2.24, 2.45) is 5.14 Å². The molecule has 0 aliphatic carbocycles. The van der Waals surface area contributed by atoms with E-state index in [1.54, 1.807) is 6.07 Å². The smallest absolute Gasteiger partial charge is 0.238 e. The van der Waals surface area contributed by atoms with Crippen LogP contribution in [-0.2, 0) is 21.2 Å². The van der Waals surface area contributed by atoms with Gasteiger partial charge in [0, 0.05) is 12.1 Å². The highest BCUT2D eigenvalue weighted by Crippen LogP contribution is 2.17. The van der Waals surface area contributed by atoms with Crippen molar-refractivity contribution >= 4 is 33.2 Å². The second-order valence-corrected chi connectivity index (χ2v) is 6.83. The van der Waals surface area contributed by atoms with Crippen molar-refractivity contribution in [3.8, 4) is 0 Å². The Hall–Kier alpha value is -1.96. The molecule has 0 heterocycles. The lowest BCUT2D eigenvalue weighted by molar-refractivity contribution is -0.116. The van der Waals surface area contributed by atoms with Crippen LogP contribution in [0.5, 0.6) is 0 Å². The Labute approximate surface area is 138 Å². The number of sulfonamides is 1. The van der Waals surface area contributed by atoms with Crippen LogP contribution in [-0.4, -0.2) is 14.3 Å². The number of carbonyl (C=O) groups is 1. The maximum Gasteiger partial charge on any atom is 0.238 e. The molecule has 8 heteroatoms. The summed E-state index contributed by atoms with van der Waals surface area (Å²) in [6.45, 7) is 0. The molecule has 0 aliphatic heterocycles. The van der Waals surface area contributed by atoms with E-state index in [-0.39, 0.29) is 22.2 Å². The Morgan fingerprint density at radius 2 is 1.83 bits per heavy atom. The molecule has 0 spiro atoms. The molecular formula is C15H14ClFN2O3S. The van der Waals surface area contributed by atoms with Crippen molar-refractivity contribution < 1.29 is 17.6 Å². The van der Waals surface area contributed by atoms with Crippen LogP contribution in [0.4, 0.5) is 10.1 Å². The van der Waals surface area contributed by atoms with Gasteiger partial charge in [-0.1, -0.05) is 17.7 Å². The van der Waals surface area contributed by atoms with E-state index < -0.39 is 15.8 Å². The molecule has 2 aromatic carbocycles. The Kier molecular flexibility index (Phi) is 5.35. The number of carbonyl (C=O) groups excluding carboxylic acids is 1. The Bertz CT molecular complexity index is 823. The minimum absolute atomic E-state index is 0.0351. The van der Waals surface area contributed by atoms with Gasteiger partial charge in [0.05, 0.1) is 9.92 Å². The normalized spacial score (nSPS) is 11.3. The van der Waals surface area contributed by atoms with Gasteiger partial charge in [-0.2, -0.15) is 0 Å². The third-order valence-electron chi connectivity index (χ3n) is 3.09. The summed E-state index contributed by atoms with van der Waals surface area (Å²) >= 11 is 5.59. The van der Waals surface area contributed by atoms with Crippen LogP contribution in [0.15, 0.2) is 47.4 Å². The summed E-state index contributed by atoms with van der Waals surface area (Å²) in [5.41, 5.74) is 1.11. The largest absolute Gasteiger partial charge is 0.326 e. The fourth-order valence-electron chi connectivity index (χ4n) is 1.90. The fraction of sp³-hybridized carbons (Fsp3) is 0.133. The first-order valence-corrected chi connectivity index (χ1v) is 8.55. The molecule has 1 amide bonds. The molecule has 5 nitrogen and oxygen atoms in total. The number of primary sulfonamides is 1. The summed E-state index contributed by atoms with van der Waals surface area (Å²) < 4.78 is 35.5. The van der Waals surface area contributed by atoms with Crippen LogP contribution in [0.2, 0.25) is 5.02 Å². The van der Waals surface area contributed by atoms with E-state index in [2.05, 4.69) is 5.32 Å².